The van der Waals surface area contributed by atoms with E-state index in [2.05, 4.69) is 21.7 Å². The van der Waals surface area contributed by atoms with E-state index in [1.54, 1.807) is 14.0 Å². The van der Waals surface area contributed by atoms with Gasteiger partial charge in [-0.25, -0.2) is 9.98 Å². The summed E-state index contributed by atoms with van der Waals surface area (Å²) in [5.74, 6) is 0.590. The standard InChI is InChI=1S/C5H8ClN3/c1-4(7-2)9-5(6)8-3/h3H2,1-2H3. The van der Waals surface area contributed by atoms with Gasteiger partial charge in [-0.3, -0.25) is 4.99 Å². The van der Waals surface area contributed by atoms with Gasteiger partial charge in [-0.05, 0) is 25.2 Å². The molecule has 0 aromatic heterocycles. The number of amidine groups is 2. The van der Waals surface area contributed by atoms with Crippen molar-refractivity contribution in [2.45, 2.75) is 6.92 Å². The zero-order chi connectivity index (χ0) is 7.28. The van der Waals surface area contributed by atoms with Gasteiger partial charge in [0.15, 0.2) is 0 Å². The van der Waals surface area contributed by atoms with Gasteiger partial charge in [-0.2, -0.15) is 0 Å². The lowest BCUT2D eigenvalue weighted by atomic mass is 10.7. The molecule has 0 aromatic carbocycles. The molecule has 0 aliphatic carbocycles. The normalized spacial score (nSPS) is 13.7. The molecule has 0 bridgehead atoms. The second-order valence-corrected chi connectivity index (χ2v) is 1.65. The molecule has 0 aliphatic heterocycles. The quantitative estimate of drug-likeness (QED) is 0.280. The third-order valence-electron chi connectivity index (χ3n) is 0.708. The van der Waals surface area contributed by atoms with Crippen LogP contribution in [0.1, 0.15) is 6.92 Å². The van der Waals surface area contributed by atoms with Gasteiger partial charge < -0.3 is 0 Å². The minimum Gasteiger partial charge on any atom is -0.274 e. The Hall–Kier alpha value is -0.700. The van der Waals surface area contributed by atoms with Gasteiger partial charge in [-0.15, -0.1) is 0 Å². The largest absolute Gasteiger partial charge is 0.274 e. The van der Waals surface area contributed by atoms with Crippen molar-refractivity contribution in [3.8, 4) is 0 Å². The first-order chi connectivity index (χ1) is 4.20. The molecule has 0 N–H and O–H groups in total. The van der Waals surface area contributed by atoms with Crippen molar-refractivity contribution in [3.05, 3.63) is 0 Å². The zero-order valence-corrected chi connectivity index (χ0v) is 6.18. The molecule has 50 valence electrons. The van der Waals surface area contributed by atoms with E-state index >= 15 is 0 Å². The molecule has 4 heteroatoms. The molecule has 0 amide bonds. The average Bonchev–Trinajstić information content (AvgIpc) is 1.87. The summed E-state index contributed by atoms with van der Waals surface area (Å²) in [4.78, 5) is 10.8. The Morgan fingerprint density at radius 1 is 1.56 bits per heavy atom. The van der Waals surface area contributed by atoms with Gasteiger partial charge in [0.25, 0.3) is 0 Å². The van der Waals surface area contributed by atoms with Crippen molar-refractivity contribution in [1.29, 1.82) is 0 Å². The van der Waals surface area contributed by atoms with Crippen LogP contribution in [0, 0.1) is 0 Å². The monoisotopic (exact) mass is 145 g/mol. The van der Waals surface area contributed by atoms with Crippen LogP contribution in [0.5, 0.6) is 0 Å². The lowest BCUT2D eigenvalue weighted by molar-refractivity contribution is 1.38. The van der Waals surface area contributed by atoms with Gasteiger partial charge in [0.1, 0.15) is 5.84 Å². The molecule has 0 fully saturated rings. The van der Waals surface area contributed by atoms with Crippen LogP contribution in [0.4, 0.5) is 0 Å². The van der Waals surface area contributed by atoms with Crippen LogP contribution in [0.15, 0.2) is 15.0 Å². The molecular formula is C5H8ClN3. The second kappa shape index (κ2) is 4.21. The summed E-state index contributed by atoms with van der Waals surface area (Å²) < 4.78 is 0. The van der Waals surface area contributed by atoms with E-state index in [4.69, 9.17) is 11.6 Å². The van der Waals surface area contributed by atoms with Crippen molar-refractivity contribution in [1.82, 2.24) is 0 Å². The van der Waals surface area contributed by atoms with Crippen LogP contribution in [0.3, 0.4) is 0 Å². The molecule has 3 nitrogen and oxygen atoms in total. The van der Waals surface area contributed by atoms with Crippen molar-refractivity contribution >= 4 is 29.4 Å². The summed E-state index contributed by atoms with van der Waals surface area (Å²) >= 11 is 5.38. The Balaban J connectivity index is 4.11. The Morgan fingerprint density at radius 2 is 2.11 bits per heavy atom. The van der Waals surface area contributed by atoms with Crippen LogP contribution < -0.4 is 0 Å². The molecule has 0 unspecified atom stereocenters. The van der Waals surface area contributed by atoms with E-state index < -0.39 is 0 Å². The molecule has 0 rings (SSSR count). The highest BCUT2D eigenvalue weighted by Gasteiger charge is 1.86. The van der Waals surface area contributed by atoms with Crippen molar-refractivity contribution in [2.24, 2.45) is 15.0 Å². The van der Waals surface area contributed by atoms with E-state index in [0.29, 0.717) is 5.84 Å². The van der Waals surface area contributed by atoms with E-state index in [1.165, 1.54) is 0 Å². The van der Waals surface area contributed by atoms with Crippen LogP contribution >= 0.6 is 11.6 Å². The Bertz CT molecular complexity index is 160. The first-order valence-corrected chi connectivity index (χ1v) is 2.72. The van der Waals surface area contributed by atoms with Crippen LogP contribution in [-0.4, -0.2) is 24.9 Å². The summed E-state index contributed by atoms with van der Waals surface area (Å²) in [5, 5.41) is 0.123. The van der Waals surface area contributed by atoms with E-state index in [0.717, 1.165) is 0 Å². The van der Waals surface area contributed by atoms with E-state index in [1.807, 2.05) is 0 Å². The summed E-state index contributed by atoms with van der Waals surface area (Å²) in [6.07, 6.45) is 0. The summed E-state index contributed by atoms with van der Waals surface area (Å²) in [5.41, 5.74) is 0. The topological polar surface area (TPSA) is 37.1 Å². The first-order valence-electron chi connectivity index (χ1n) is 2.35. The van der Waals surface area contributed by atoms with Crippen LogP contribution in [0.25, 0.3) is 0 Å². The minimum absolute atomic E-state index is 0.123. The SMILES string of the molecule is C=NC(Cl)=NC(C)=NC. The molecule has 0 aromatic rings. The van der Waals surface area contributed by atoms with E-state index in [-0.39, 0.29) is 5.29 Å². The summed E-state index contributed by atoms with van der Waals surface area (Å²) in [6.45, 7) is 4.91. The molecule has 0 aliphatic rings. The Labute approximate surface area is 59.2 Å². The highest BCUT2D eigenvalue weighted by Crippen LogP contribution is 1.87. The fourth-order valence-electron chi connectivity index (χ4n) is 0.219. The van der Waals surface area contributed by atoms with Gasteiger partial charge in [0.2, 0.25) is 5.29 Å². The maximum Gasteiger partial charge on any atom is 0.223 e. The third kappa shape index (κ3) is 3.85. The van der Waals surface area contributed by atoms with Crippen molar-refractivity contribution < 1.29 is 0 Å². The predicted octanol–water partition coefficient (Wildman–Crippen LogP) is 1.33. The van der Waals surface area contributed by atoms with Crippen LogP contribution in [-0.2, 0) is 0 Å². The molecular weight excluding hydrogens is 138 g/mol. The number of hydrogen-bond acceptors (Lipinski definition) is 1. The van der Waals surface area contributed by atoms with Gasteiger partial charge >= 0.3 is 0 Å². The van der Waals surface area contributed by atoms with Gasteiger partial charge in [-0.1, -0.05) is 0 Å². The van der Waals surface area contributed by atoms with Crippen LogP contribution in [0.2, 0.25) is 0 Å². The highest BCUT2D eigenvalue weighted by molar-refractivity contribution is 6.66. The summed E-state index contributed by atoms with van der Waals surface area (Å²) in [7, 11) is 1.63. The van der Waals surface area contributed by atoms with E-state index in [9.17, 15) is 0 Å². The summed E-state index contributed by atoms with van der Waals surface area (Å²) in [6, 6.07) is 0. The maximum absolute atomic E-state index is 5.38. The fraction of sp³-hybridized carbons (Fsp3) is 0.400. The van der Waals surface area contributed by atoms with Gasteiger partial charge in [0, 0.05) is 7.05 Å². The molecule has 0 atom stereocenters. The lowest BCUT2D eigenvalue weighted by Crippen LogP contribution is -1.88. The molecule has 9 heavy (non-hydrogen) atoms. The number of nitrogens with zero attached hydrogens (tertiary/aromatic N) is 3. The molecule has 0 saturated carbocycles. The second-order valence-electron chi connectivity index (χ2n) is 1.31. The zero-order valence-electron chi connectivity index (χ0n) is 5.43. The Kier molecular flexibility index (Phi) is 3.88. The lowest BCUT2D eigenvalue weighted by Gasteiger charge is -1.86. The third-order valence-corrected chi connectivity index (χ3v) is 0.912. The molecule has 0 radical (unpaired) electrons. The van der Waals surface area contributed by atoms with Crippen molar-refractivity contribution in [3.63, 3.8) is 0 Å². The number of halogens is 1. The van der Waals surface area contributed by atoms with Crippen molar-refractivity contribution in [2.75, 3.05) is 7.05 Å². The molecule has 0 heterocycles. The predicted molar refractivity (Wildman–Crippen MR) is 41.9 cm³/mol. The Morgan fingerprint density at radius 3 is 2.44 bits per heavy atom. The highest BCUT2D eigenvalue weighted by atomic mass is 35.5. The number of aliphatic imine (C=N–C) groups is 3. The van der Waals surface area contributed by atoms with Gasteiger partial charge in [0.05, 0.1) is 0 Å². The number of rotatable bonds is 0. The molecule has 0 saturated heterocycles. The average molecular weight is 146 g/mol. The first kappa shape index (κ1) is 8.30. The molecule has 0 spiro atoms. The smallest absolute Gasteiger partial charge is 0.223 e. The maximum atomic E-state index is 5.38. The minimum atomic E-state index is 0.123. The fourth-order valence-corrected chi connectivity index (χ4v) is 0.341. The number of hydrogen-bond donors (Lipinski definition) is 0.